The van der Waals surface area contributed by atoms with Gasteiger partial charge in [0.25, 0.3) is 5.56 Å². The number of aromatic amines is 1. The normalized spacial score (nSPS) is 12.2. The number of aromatic nitrogens is 8. The maximum Gasteiger partial charge on any atom is 0.333 e. The Labute approximate surface area is 229 Å². The van der Waals surface area contributed by atoms with Crippen molar-refractivity contribution in [1.29, 1.82) is 0 Å². The van der Waals surface area contributed by atoms with Crippen molar-refractivity contribution in [1.82, 2.24) is 39.3 Å². The molecule has 0 saturated heterocycles. The topological polar surface area (TPSA) is 116 Å². The van der Waals surface area contributed by atoms with Crippen LogP contribution in [0.3, 0.4) is 0 Å². The lowest BCUT2D eigenvalue weighted by atomic mass is 9.98. The molecule has 40 heavy (non-hydrogen) atoms. The average molecular weight is 533 g/mol. The van der Waals surface area contributed by atoms with Crippen molar-refractivity contribution in [3.8, 4) is 22.5 Å². The van der Waals surface area contributed by atoms with Crippen LogP contribution in [0.1, 0.15) is 36.8 Å². The Morgan fingerprint density at radius 3 is 2.27 bits per heavy atom. The molecule has 1 N–H and O–H groups in total. The highest BCUT2D eigenvalue weighted by Crippen LogP contribution is 2.30. The van der Waals surface area contributed by atoms with Crippen LogP contribution in [-0.4, -0.2) is 39.3 Å². The molecule has 6 aromatic rings. The highest BCUT2D eigenvalue weighted by atomic mass is 16.2. The van der Waals surface area contributed by atoms with E-state index in [1.807, 2.05) is 97.3 Å². The molecule has 0 aliphatic heterocycles. The van der Waals surface area contributed by atoms with Crippen molar-refractivity contribution in [2.75, 3.05) is 0 Å². The molecule has 0 saturated carbocycles. The number of imidazole rings is 1. The Hall–Kier alpha value is -5.12. The van der Waals surface area contributed by atoms with Gasteiger partial charge >= 0.3 is 5.69 Å². The van der Waals surface area contributed by atoms with Crippen molar-refractivity contribution in [3.05, 3.63) is 117 Å². The minimum absolute atomic E-state index is 0.340. The first-order valence-corrected chi connectivity index (χ1v) is 13.2. The summed E-state index contributed by atoms with van der Waals surface area (Å²) in [5.41, 5.74) is 4.87. The summed E-state index contributed by atoms with van der Waals surface area (Å²) >= 11 is 0. The Bertz CT molecular complexity index is 1920. The molecule has 1 atom stereocenters. The highest BCUT2D eigenvalue weighted by molar-refractivity contribution is 5.80. The zero-order chi connectivity index (χ0) is 27.8. The van der Waals surface area contributed by atoms with E-state index >= 15 is 0 Å². The summed E-state index contributed by atoms with van der Waals surface area (Å²) in [4.78, 5) is 32.0. The lowest BCUT2D eigenvalue weighted by Crippen LogP contribution is -2.41. The third kappa shape index (κ3) is 4.23. The molecule has 1 unspecified atom stereocenters. The summed E-state index contributed by atoms with van der Waals surface area (Å²) in [6.07, 6.45) is 0.618. The molecule has 10 nitrogen and oxygen atoms in total. The molecule has 200 valence electrons. The van der Waals surface area contributed by atoms with Gasteiger partial charge in [0.2, 0.25) is 5.82 Å². The SMILES string of the molecule is CCc1nc2c(c(=O)n(C(C)c3ccccc3)c(=O)n2C)n1Cc1ccc(-c2ccccc2-c2nn[nH]n2)cc1. The number of benzene rings is 3. The Morgan fingerprint density at radius 2 is 1.60 bits per heavy atom. The van der Waals surface area contributed by atoms with Gasteiger partial charge in [-0.05, 0) is 34.4 Å². The van der Waals surface area contributed by atoms with Crippen LogP contribution in [0.15, 0.2) is 88.5 Å². The highest BCUT2D eigenvalue weighted by Gasteiger charge is 2.23. The second-order valence-corrected chi connectivity index (χ2v) is 9.72. The zero-order valence-electron chi connectivity index (χ0n) is 22.4. The maximum absolute atomic E-state index is 13.9. The van der Waals surface area contributed by atoms with Crippen LogP contribution in [0.25, 0.3) is 33.7 Å². The van der Waals surface area contributed by atoms with E-state index in [1.165, 1.54) is 9.13 Å². The van der Waals surface area contributed by atoms with E-state index in [1.54, 1.807) is 7.05 Å². The van der Waals surface area contributed by atoms with Crippen LogP contribution in [0.2, 0.25) is 0 Å². The molecule has 10 heteroatoms. The molecule has 3 aromatic heterocycles. The molecule has 6 rings (SSSR count). The smallest absolute Gasteiger partial charge is 0.318 e. The number of nitrogens with one attached hydrogen (secondary N) is 1. The first-order valence-electron chi connectivity index (χ1n) is 13.2. The van der Waals surface area contributed by atoms with Gasteiger partial charge in [-0.25, -0.2) is 9.78 Å². The molecule has 0 amide bonds. The third-order valence-corrected chi connectivity index (χ3v) is 7.36. The fourth-order valence-electron chi connectivity index (χ4n) is 5.22. The molecule has 0 bridgehead atoms. The molecule has 0 spiro atoms. The summed E-state index contributed by atoms with van der Waals surface area (Å²) in [5.74, 6) is 1.28. The Balaban J connectivity index is 1.42. The first kappa shape index (κ1) is 25.2. The van der Waals surface area contributed by atoms with Gasteiger partial charge in [-0.1, -0.05) is 85.8 Å². The van der Waals surface area contributed by atoms with Crippen LogP contribution >= 0.6 is 0 Å². The summed E-state index contributed by atoms with van der Waals surface area (Å²) < 4.78 is 4.74. The quantitative estimate of drug-likeness (QED) is 0.333. The van der Waals surface area contributed by atoms with E-state index in [-0.39, 0.29) is 11.2 Å². The van der Waals surface area contributed by atoms with E-state index in [9.17, 15) is 9.59 Å². The van der Waals surface area contributed by atoms with E-state index in [2.05, 4.69) is 20.6 Å². The molecular weight excluding hydrogens is 504 g/mol. The molecule has 0 aliphatic rings. The minimum atomic E-state index is -0.427. The number of fused-ring (bicyclic) bond motifs is 1. The van der Waals surface area contributed by atoms with Gasteiger partial charge in [0.15, 0.2) is 11.2 Å². The Kier molecular flexibility index (Phi) is 6.43. The fraction of sp³-hybridized carbons (Fsp3) is 0.200. The second-order valence-electron chi connectivity index (χ2n) is 9.72. The van der Waals surface area contributed by atoms with Gasteiger partial charge in [0.1, 0.15) is 5.82 Å². The average Bonchev–Trinajstić information content (AvgIpc) is 3.66. The standard InChI is InChI=1S/C30H28N8O2/c1-4-25-31-28-26(29(39)38(30(40)36(28)3)19(2)21-10-6-5-7-11-21)37(25)18-20-14-16-22(17-15-20)23-12-8-9-13-24(23)27-32-34-35-33-27/h5-17,19H,4,18H2,1-3H3,(H,32,33,34,35). The van der Waals surface area contributed by atoms with E-state index in [0.29, 0.717) is 30.0 Å². The molecule has 3 aromatic carbocycles. The van der Waals surface area contributed by atoms with Crippen LogP contribution in [-0.2, 0) is 20.0 Å². The number of rotatable bonds is 7. The monoisotopic (exact) mass is 532 g/mol. The lowest BCUT2D eigenvalue weighted by Gasteiger charge is -2.17. The van der Waals surface area contributed by atoms with Crippen molar-refractivity contribution in [2.24, 2.45) is 7.05 Å². The van der Waals surface area contributed by atoms with E-state index in [0.717, 1.165) is 33.6 Å². The van der Waals surface area contributed by atoms with Gasteiger partial charge in [-0.15, -0.1) is 10.2 Å². The van der Waals surface area contributed by atoms with Gasteiger partial charge in [-0.2, -0.15) is 5.21 Å². The number of hydrogen-bond donors (Lipinski definition) is 1. The minimum Gasteiger partial charge on any atom is -0.318 e. The van der Waals surface area contributed by atoms with Crippen LogP contribution in [0.4, 0.5) is 0 Å². The second kappa shape index (κ2) is 10.2. The van der Waals surface area contributed by atoms with Gasteiger partial charge in [-0.3, -0.25) is 13.9 Å². The number of aryl methyl sites for hydroxylation is 2. The predicted octanol–water partition coefficient (Wildman–Crippen LogP) is 3.96. The lowest BCUT2D eigenvalue weighted by molar-refractivity contribution is 0.557. The first-order chi connectivity index (χ1) is 19.5. The third-order valence-electron chi connectivity index (χ3n) is 7.36. The zero-order valence-corrected chi connectivity index (χ0v) is 22.4. The maximum atomic E-state index is 13.9. The van der Waals surface area contributed by atoms with Crippen molar-refractivity contribution in [2.45, 2.75) is 32.9 Å². The number of hydrogen-bond acceptors (Lipinski definition) is 6. The fourth-order valence-corrected chi connectivity index (χ4v) is 5.22. The van der Waals surface area contributed by atoms with Gasteiger partial charge in [0, 0.05) is 25.6 Å². The van der Waals surface area contributed by atoms with Gasteiger partial charge < -0.3 is 4.57 Å². The molecular formula is C30H28N8O2. The predicted molar refractivity (Wildman–Crippen MR) is 153 cm³/mol. The number of nitrogens with zero attached hydrogens (tertiary/aromatic N) is 7. The van der Waals surface area contributed by atoms with Crippen LogP contribution < -0.4 is 11.2 Å². The Morgan fingerprint density at radius 1 is 0.900 bits per heavy atom. The molecule has 0 aliphatic carbocycles. The summed E-state index contributed by atoms with van der Waals surface area (Å²) in [7, 11) is 1.67. The van der Waals surface area contributed by atoms with Gasteiger partial charge in [0.05, 0.1) is 6.04 Å². The van der Waals surface area contributed by atoms with Crippen molar-refractivity contribution >= 4 is 11.2 Å². The number of H-pyrrole nitrogens is 1. The van der Waals surface area contributed by atoms with Crippen LogP contribution in [0.5, 0.6) is 0 Å². The summed E-state index contributed by atoms with van der Waals surface area (Å²) in [6.45, 7) is 4.31. The van der Waals surface area contributed by atoms with Crippen molar-refractivity contribution in [3.63, 3.8) is 0 Å². The van der Waals surface area contributed by atoms with Crippen LogP contribution in [0, 0.1) is 0 Å². The summed E-state index contributed by atoms with van der Waals surface area (Å²) in [6, 6.07) is 25.2. The number of tetrazole rings is 1. The largest absolute Gasteiger partial charge is 0.333 e. The summed E-state index contributed by atoms with van der Waals surface area (Å²) in [5, 5.41) is 14.5. The molecule has 0 radical (unpaired) electrons. The van der Waals surface area contributed by atoms with E-state index < -0.39 is 6.04 Å². The van der Waals surface area contributed by atoms with Crippen molar-refractivity contribution < 1.29 is 0 Å². The van der Waals surface area contributed by atoms with E-state index in [4.69, 9.17) is 4.98 Å². The molecule has 0 fully saturated rings. The molecule has 3 heterocycles.